The summed E-state index contributed by atoms with van der Waals surface area (Å²) in [6.07, 6.45) is -0.823. The number of benzene rings is 2. The molecule has 32 heavy (non-hydrogen) atoms. The van der Waals surface area contributed by atoms with Crippen LogP contribution in [0.3, 0.4) is 0 Å². The van der Waals surface area contributed by atoms with E-state index >= 15 is 0 Å². The van der Waals surface area contributed by atoms with Crippen LogP contribution in [0.4, 0.5) is 0 Å². The van der Waals surface area contributed by atoms with E-state index < -0.39 is 14.1 Å². The molecule has 5 nitrogen and oxygen atoms in total. The summed E-state index contributed by atoms with van der Waals surface area (Å²) in [6.45, 7) is 11.0. The lowest BCUT2D eigenvalue weighted by atomic mass is 10.1. The van der Waals surface area contributed by atoms with Crippen molar-refractivity contribution >= 4 is 18.7 Å². The topological polar surface area (TPSA) is 60.7 Å². The summed E-state index contributed by atoms with van der Waals surface area (Å²) in [4.78, 5) is 0. The van der Waals surface area contributed by atoms with Crippen molar-refractivity contribution in [2.24, 2.45) is 0 Å². The summed E-state index contributed by atoms with van der Waals surface area (Å²) in [6, 6.07) is 23.3. The minimum absolute atomic E-state index is 0.119. The van der Waals surface area contributed by atoms with Gasteiger partial charge in [-0.3, -0.25) is 0 Å². The molecule has 0 aliphatic carbocycles. The second-order valence-corrected chi connectivity index (χ2v) is 14.4. The van der Waals surface area contributed by atoms with E-state index in [0.717, 1.165) is 0 Å². The van der Waals surface area contributed by atoms with Gasteiger partial charge in [-0.2, -0.15) is 5.26 Å². The Morgan fingerprint density at radius 1 is 0.906 bits per heavy atom. The summed E-state index contributed by atoms with van der Waals surface area (Å²) < 4.78 is 25.6. The van der Waals surface area contributed by atoms with E-state index in [9.17, 15) is 5.26 Å². The molecular formula is C26H33NO4Si. The van der Waals surface area contributed by atoms with Crippen molar-refractivity contribution in [3.63, 3.8) is 0 Å². The van der Waals surface area contributed by atoms with Crippen LogP contribution in [-0.2, 0) is 18.6 Å². The zero-order valence-corrected chi connectivity index (χ0v) is 20.6. The van der Waals surface area contributed by atoms with Gasteiger partial charge >= 0.3 is 0 Å². The number of rotatable bonds is 6. The van der Waals surface area contributed by atoms with Gasteiger partial charge in [0.25, 0.3) is 8.32 Å². The van der Waals surface area contributed by atoms with Gasteiger partial charge in [-0.15, -0.1) is 0 Å². The molecule has 2 saturated heterocycles. The number of fused-ring (bicyclic) bond motifs is 1. The highest BCUT2D eigenvalue weighted by atomic mass is 28.4. The maximum atomic E-state index is 9.28. The van der Waals surface area contributed by atoms with Crippen molar-refractivity contribution < 1.29 is 18.6 Å². The van der Waals surface area contributed by atoms with Crippen LogP contribution in [0.1, 0.15) is 41.0 Å². The lowest BCUT2D eigenvalue weighted by molar-refractivity contribution is -0.189. The second-order valence-electron chi connectivity index (χ2n) is 10.1. The third kappa shape index (κ3) is 4.16. The molecule has 0 N–H and O–H groups in total. The zero-order chi connectivity index (χ0) is 23.0. The molecule has 0 bridgehead atoms. The van der Waals surface area contributed by atoms with Gasteiger partial charge in [0.15, 0.2) is 5.79 Å². The third-order valence-corrected chi connectivity index (χ3v) is 11.4. The standard InChI is InChI=1S/C26H33NO4Si/c1-25(2,3)32(19-12-8-6-9-13-19,20-14-10-7-11-15-20)28-18-22-24-23(21(29-22)16-17-27)30-26(4,5)31-24/h6-15,21-24H,16,18H2,1-5H3/t21?,22-,23+,24-/m1/s1. The predicted octanol–water partition coefficient (Wildman–Crippen LogP) is 3.76. The van der Waals surface area contributed by atoms with Crippen LogP contribution < -0.4 is 10.4 Å². The first-order valence-corrected chi connectivity index (χ1v) is 13.2. The molecule has 0 saturated carbocycles. The lowest BCUT2D eigenvalue weighted by Gasteiger charge is -2.43. The molecule has 2 aromatic rings. The van der Waals surface area contributed by atoms with Crippen LogP contribution in [0.15, 0.2) is 60.7 Å². The van der Waals surface area contributed by atoms with Crippen LogP contribution in [0.25, 0.3) is 0 Å². The van der Waals surface area contributed by atoms with E-state index in [-0.39, 0.29) is 35.9 Å². The van der Waals surface area contributed by atoms with Gasteiger partial charge in [-0.1, -0.05) is 81.4 Å². The Balaban J connectivity index is 1.69. The minimum atomic E-state index is -2.68. The summed E-state index contributed by atoms with van der Waals surface area (Å²) in [5.74, 6) is -0.692. The van der Waals surface area contributed by atoms with E-state index in [2.05, 4.69) is 75.4 Å². The molecule has 1 unspecified atom stereocenters. The van der Waals surface area contributed by atoms with Crippen molar-refractivity contribution in [1.29, 1.82) is 5.26 Å². The van der Waals surface area contributed by atoms with Crippen LogP contribution in [0, 0.1) is 11.3 Å². The molecule has 6 heteroatoms. The van der Waals surface area contributed by atoms with Crippen LogP contribution in [0.5, 0.6) is 0 Å². The van der Waals surface area contributed by atoms with Gasteiger partial charge < -0.3 is 18.6 Å². The highest BCUT2D eigenvalue weighted by molar-refractivity contribution is 6.99. The molecule has 4 atom stereocenters. The molecule has 0 radical (unpaired) electrons. The first-order valence-electron chi connectivity index (χ1n) is 11.3. The van der Waals surface area contributed by atoms with Crippen molar-refractivity contribution in [1.82, 2.24) is 0 Å². The summed E-state index contributed by atoms with van der Waals surface area (Å²) in [7, 11) is -2.68. The van der Waals surface area contributed by atoms with E-state index in [1.165, 1.54) is 10.4 Å². The number of hydrogen-bond acceptors (Lipinski definition) is 5. The SMILES string of the molecule is CC1(C)O[C@@H]2[C@@H](CO[Si](c3ccccc3)(c3ccccc3)C(C)(C)C)OC(CC#N)[C@@H]2O1. The van der Waals surface area contributed by atoms with Crippen LogP contribution >= 0.6 is 0 Å². The molecule has 0 spiro atoms. The number of nitrogens with zero attached hydrogens (tertiary/aromatic N) is 1. The Morgan fingerprint density at radius 2 is 1.41 bits per heavy atom. The van der Waals surface area contributed by atoms with Crippen LogP contribution in [0.2, 0.25) is 5.04 Å². The first-order chi connectivity index (χ1) is 15.2. The highest BCUT2D eigenvalue weighted by Gasteiger charge is 2.57. The fraction of sp³-hybridized carbons (Fsp3) is 0.500. The first kappa shape index (κ1) is 23.2. The number of hydrogen-bond donors (Lipinski definition) is 0. The van der Waals surface area contributed by atoms with Gasteiger partial charge in [0.05, 0.1) is 19.1 Å². The average molecular weight is 452 g/mol. The summed E-state index contributed by atoms with van der Waals surface area (Å²) in [5, 5.41) is 11.6. The Bertz CT molecular complexity index is 912. The van der Waals surface area contributed by atoms with Crippen LogP contribution in [-0.4, -0.2) is 45.1 Å². The molecule has 0 aromatic heterocycles. The zero-order valence-electron chi connectivity index (χ0n) is 19.6. The Kier molecular flexibility index (Phi) is 6.32. The predicted molar refractivity (Wildman–Crippen MR) is 126 cm³/mol. The van der Waals surface area contributed by atoms with Gasteiger partial charge in [-0.25, -0.2) is 0 Å². The van der Waals surface area contributed by atoms with E-state index in [4.69, 9.17) is 18.6 Å². The molecule has 0 amide bonds. The monoisotopic (exact) mass is 451 g/mol. The van der Waals surface area contributed by atoms with Gasteiger partial charge in [-0.05, 0) is 29.3 Å². The van der Waals surface area contributed by atoms with Gasteiger partial charge in [0, 0.05) is 0 Å². The minimum Gasteiger partial charge on any atom is -0.405 e. The molecule has 4 rings (SSSR count). The fourth-order valence-corrected chi connectivity index (χ4v) is 9.70. The average Bonchev–Trinajstić information content (AvgIpc) is 3.23. The highest BCUT2D eigenvalue weighted by Crippen LogP contribution is 2.41. The lowest BCUT2D eigenvalue weighted by Crippen LogP contribution is -2.67. The molecule has 2 heterocycles. The van der Waals surface area contributed by atoms with Gasteiger partial charge in [0.2, 0.25) is 0 Å². The third-order valence-electron chi connectivity index (χ3n) is 6.42. The summed E-state index contributed by atoms with van der Waals surface area (Å²) >= 11 is 0. The number of nitriles is 1. The Labute approximate surface area is 192 Å². The maximum absolute atomic E-state index is 9.28. The van der Waals surface area contributed by atoms with Crippen molar-refractivity contribution in [2.75, 3.05) is 6.61 Å². The van der Waals surface area contributed by atoms with E-state index in [0.29, 0.717) is 6.61 Å². The quantitative estimate of drug-likeness (QED) is 0.626. The van der Waals surface area contributed by atoms with E-state index in [1.54, 1.807) is 0 Å². The number of ether oxygens (including phenoxy) is 3. The largest absolute Gasteiger partial charge is 0.405 e. The van der Waals surface area contributed by atoms with Crippen molar-refractivity contribution in [2.45, 2.75) is 76.3 Å². The normalized spacial score (nSPS) is 27.1. The second kappa shape index (κ2) is 8.73. The maximum Gasteiger partial charge on any atom is 0.261 e. The molecular weight excluding hydrogens is 418 g/mol. The van der Waals surface area contributed by atoms with Crippen molar-refractivity contribution in [3.8, 4) is 6.07 Å². The molecule has 170 valence electrons. The Morgan fingerprint density at radius 3 is 1.88 bits per heavy atom. The molecule has 2 aliphatic heterocycles. The Hall–Kier alpha value is -2.01. The molecule has 2 aromatic carbocycles. The van der Waals surface area contributed by atoms with Gasteiger partial charge in [0.1, 0.15) is 24.4 Å². The molecule has 2 fully saturated rings. The molecule has 2 aliphatic rings. The van der Waals surface area contributed by atoms with Crippen molar-refractivity contribution in [3.05, 3.63) is 60.7 Å². The fourth-order valence-electron chi connectivity index (χ4n) is 5.13. The van der Waals surface area contributed by atoms with E-state index in [1.807, 2.05) is 26.0 Å². The summed E-state index contributed by atoms with van der Waals surface area (Å²) in [5.41, 5.74) is 0. The smallest absolute Gasteiger partial charge is 0.261 e.